The molecule has 114 valence electrons. The Bertz CT molecular complexity index is 562. The highest BCUT2D eigenvalue weighted by molar-refractivity contribution is 7.89. The Hall–Kier alpha value is -0.960. The molecule has 0 fully saturated rings. The van der Waals surface area contributed by atoms with Gasteiger partial charge in [-0.3, -0.25) is 0 Å². The highest BCUT2D eigenvalue weighted by atomic mass is 32.2. The van der Waals surface area contributed by atoms with Gasteiger partial charge in [0.1, 0.15) is 9.77 Å². The average molecular weight is 321 g/mol. The smallest absolute Gasteiger partial charge is 0.349 e. The minimum atomic E-state index is -3.78. The molecule has 0 amide bonds. The SMILES string of the molecule is COC(=O)c1sccc1S(=O)(=O)NCC(C)(C)CCO. The molecule has 0 aromatic carbocycles. The molecule has 6 nitrogen and oxygen atoms in total. The van der Waals surface area contributed by atoms with Crippen molar-refractivity contribution in [1.82, 2.24) is 4.72 Å². The molecule has 0 atom stereocenters. The Labute approximate surface area is 122 Å². The van der Waals surface area contributed by atoms with Crippen LogP contribution in [0.5, 0.6) is 0 Å². The maximum atomic E-state index is 12.2. The highest BCUT2D eigenvalue weighted by Crippen LogP contribution is 2.24. The van der Waals surface area contributed by atoms with E-state index in [4.69, 9.17) is 5.11 Å². The second-order valence-electron chi connectivity index (χ2n) is 5.07. The Morgan fingerprint density at radius 1 is 1.50 bits per heavy atom. The maximum Gasteiger partial charge on any atom is 0.349 e. The number of rotatable bonds is 7. The third kappa shape index (κ3) is 4.27. The van der Waals surface area contributed by atoms with Gasteiger partial charge < -0.3 is 9.84 Å². The monoisotopic (exact) mass is 321 g/mol. The number of thiophene rings is 1. The number of hydrogen-bond donors (Lipinski definition) is 2. The first kappa shape index (κ1) is 17.1. The van der Waals surface area contributed by atoms with E-state index in [9.17, 15) is 13.2 Å². The molecule has 1 heterocycles. The van der Waals surface area contributed by atoms with E-state index in [-0.39, 0.29) is 28.3 Å². The van der Waals surface area contributed by atoms with E-state index in [0.717, 1.165) is 11.3 Å². The fourth-order valence-electron chi connectivity index (χ4n) is 1.51. The number of hydrogen-bond acceptors (Lipinski definition) is 6. The predicted molar refractivity (Wildman–Crippen MR) is 76.3 cm³/mol. The highest BCUT2D eigenvalue weighted by Gasteiger charge is 2.27. The van der Waals surface area contributed by atoms with Gasteiger partial charge in [0.05, 0.1) is 7.11 Å². The molecule has 0 bridgehead atoms. The van der Waals surface area contributed by atoms with Crippen molar-refractivity contribution in [2.75, 3.05) is 20.3 Å². The summed E-state index contributed by atoms with van der Waals surface area (Å²) >= 11 is 1.02. The first-order chi connectivity index (χ1) is 9.23. The predicted octanol–water partition coefficient (Wildman–Crippen LogP) is 1.22. The van der Waals surface area contributed by atoms with Gasteiger partial charge in [0.2, 0.25) is 10.0 Å². The zero-order chi connectivity index (χ0) is 15.4. The molecule has 0 unspecified atom stereocenters. The van der Waals surface area contributed by atoms with Gasteiger partial charge in [-0.2, -0.15) is 0 Å². The van der Waals surface area contributed by atoms with Crippen molar-refractivity contribution in [3.63, 3.8) is 0 Å². The fourth-order valence-corrected chi connectivity index (χ4v) is 4.08. The first-order valence-corrected chi connectivity index (χ1v) is 8.36. The van der Waals surface area contributed by atoms with Crippen LogP contribution in [-0.4, -0.2) is 39.8 Å². The van der Waals surface area contributed by atoms with E-state index >= 15 is 0 Å². The standard InChI is InChI=1S/C12H19NO5S2/c1-12(2,5-6-14)8-13-20(16,17)9-4-7-19-10(9)11(15)18-3/h4,7,13-14H,5-6,8H2,1-3H3. The fraction of sp³-hybridized carbons (Fsp3) is 0.583. The summed E-state index contributed by atoms with van der Waals surface area (Å²) in [7, 11) is -2.57. The molecule has 0 spiro atoms. The molecule has 8 heteroatoms. The zero-order valence-electron chi connectivity index (χ0n) is 11.7. The second-order valence-corrected chi connectivity index (χ2v) is 7.72. The lowest BCUT2D eigenvalue weighted by atomic mass is 9.90. The second kappa shape index (κ2) is 6.66. The van der Waals surface area contributed by atoms with Crippen LogP contribution in [0.4, 0.5) is 0 Å². The average Bonchev–Trinajstić information content (AvgIpc) is 2.86. The summed E-state index contributed by atoms with van der Waals surface area (Å²) in [5, 5.41) is 10.5. The molecule has 1 aromatic heterocycles. The lowest BCUT2D eigenvalue weighted by Crippen LogP contribution is -2.35. The Morgan fingerprint density at radius 3 is 2.70 bits per heavy atom. The summed E-state index contributed by atoms with van der Waals surface area (Å²) in [6, 6.07) is 1.37. The number of sulfonamides is 1. The van der Waals surface area contributed by atoms with Gasteiger partial charge in [-0.05, 0) is 23.3 Å². The number of carbonyl (C=O) groups is 1. The zero-order valence-corrected chi connectivity index (χ0v) is 13.3. The summed E-state index contributed by atoms with van der Waals surface area (Å²) in [6.07, 6.45) is 0.475. The molecule has 0 aliphatic carbocycles. The van der Waals surface area contributed by atoms with Gasteiger partial charge >= 0.3 is 5.97 Å². The van der Waals surface area contributed by atoms with Crippen LogP contribution in [0.25, 0.3) is 0 Å². The molecule has 20 heavy (non-hydrogen) atoms. The lowest BCUT2D eigenvalue weighted by Gasteiger charge is -2.23. The van der Waals surface area contributed by atoms with Crippen molar-refractivity contribution in [2.45, 2.75) is 25.2 Å². The van der Waals surface area contributed by atoms with Crippen molar-refractivity contribution < 1.29 is 23.1 Å². The lowest BCUT2D eigenvalue weighted by molar-refractivity contribution is 0.0602. The van der Waals surface area contributed by atoms with E-state index in [1.165, 1.54) is 18.6 Å². The number of carbonyl (C=O) groups excluding carboxylic acids is 1. The number of methoxy groups -OCH3 is 1. The molecule has 0 saturated carbocycles. The molecular formula is C12H19NO5S2. The van der Waals surface area contributed by atoms with Crippen LogP contribution in [0.15, 0.2) is 16.3 Å². The number of aliphatic hydroxyl groups is 1. The van der Waals surface area contributed by atoms with Crippen molar-refractivity contribution in [1.29, 1.82) is 0 Å². The summed E-state index contributed by atoms with van der Waals surface area (Å²) < 4.78 is 31.4. The van der Waals surface area contributed by atoms with Crippen LogP contribution in [-0.2, 0) is 14.8 Å². The minimum Gasteiger partial charge on any atom is -0.465 e. The molecule has 1 rings (SSSR count). The van der Waals surface area contributed by atoms with Gasteiger partial charge in [0.15, 0.2) is 0 Å². The van der Waals surface area contributed by atoms with Crippen molar-refractivity contribution in [3.05, 3.63) is 16.3 Å². The number of nitrogens with one attached hydrogen (secondary N) is 1. The quantitative estimate of drug-likeness (QED) is 0.737. The van der Waals surface area contributed by atoms with E-state index < -0.39 is 16.0 Å². The third-order valence-corrected chi connectivity index (χ3v) is 5.29. The van der Waals surface area contributed by atoms with Gasteiger partial charge in [0.25, 0.3) is 0 Å². The Morgan fingerprint density at radius 2 is 2.15 bits per heavy atom. The van der Waals surface area contributed by atoms with Gasteiger partial charge in [-0.25, -0.2) is 17.9 Å². The Kier molecular flexibility index (Phi) is 5.69. The maximum absolute atomic E-state index is 12.2. The van der Waals surface area contributed by atoms with E-state index in [0.29, 0.717) is 6.42 Å². The molecule has 2 N–H and O–H groups in total. The molecule has 0 aliphatic heterocycles. The van der Waals surface area contributed by atoms with Gasteiger partial charge in [-0.15, -0.1) is 11.3 Å². The van der Waals surface area contributed by atoms with Crippen LogP contribution < -0.4 is 4.72 Å². The van der Waals surface area contributed by atoms with Crippen LogP contribution in [0.2, 0.25) is 0 Å². The normalized spacial score (nSPS) is 12.4. The van der Waals surface area contributed by atoms with Crippen molar-refractivity contribution in [3.8, 4) is 0 Å². The van der Waals surface area contributed by atoms with Crippen LogP contribution in [0.3, 0.4) is 0 Å². The minimum absolute atomic E-state index is 0.0133. The van der Waals surface area contributed by atoms with E-state index in [1.807, 2.05) is 13.8 Å². The van der Waals surface area contributed by atoms with Crippen LogP contribution in [0, 0.1) is 5.41 Å². The summed E-state index contributed by atoms with van der Waals surface area (Å²) in [5.74, 6) is -0.671. The molecule has 1 aromatic rings. The molecule has 0 saturated heterocycles. The van der Waals surface area contributed by atoms with Crippen LogP contribution >= 0.6 is 11.3 Å². The molecular weight excluding hydrogens is 302 g/mol. The topological polar surface area (TPSA) is 92.7 Å². The number of esters is 1. The number of ether oxygens (including phenoxy) is 1. The van der Waals surface area contributed by atoms with Crippen LogP contribution in [0.1, 0.15) is 29.9 Å². The van der Waals surface area contributed by atoms with Crippen molar-refractivity contribution >= 4 is 27.3 Å². The third-order valence-electron chi connectivity index (χ3n) is 2.82. The van der Waals surface area contributed by atoms with E-state index in [1.54, 1.807) is 0 Å². The summed E-state index contributed by atoms with van der Waals surface area (Å²) in [5.41, 5.74) is -0.372. The van der Waals surface area contributed by atoms with Gasteiger partial charge in [0, 0.05) is 13.2 Å². The Balaban J connectivity index is 2.90. The van der Waals surface area contributed by atoms with Crippen molar-refractivity contribution in [2.24, 2.45) is 5.41 Å². The summed E-state index contributed by atoms with van der Waals surface area (Å²) in [6.45, 7) is 3.86. The molecule has 0 radical (unpaired) electrons. The van der Waals surface area contributed by atoms with E-state index in [2.05, 4.69) is 9.46 Å². The molecule has 0 aliphatic rings. The number of aliphatic hydroxyl groups excluding tert-OH is 1. The van der Waals surface area contributed by atoms with Gasteiger partial charge in [-0.1, -0.05) is 13.8 Å². The summed E-state index contributed by atoms with van der Waals surface area (Å²) in [4.78, 5) is 11.5. The first-order valence-electron chi connectivity index (χ1n) is 6.00. The largest absolute Gasteiger partial charge is 0.465 e.